The first kappa shape index (κ1) is 17.7. The number of carbonyl (C=O) groups is 1. The molecular weight excluding hydrogens is 368 g/mol. The van der Waals surface area contributed by atoms with Crippen molar-refractivity contribution in [3.63, 3.8) is 0 Å². The predicted octanol–water partition coefficient (Wildman–Crippen LogP) is 2.77. The molecule has 0 N–H and O–H groups in total. The molecule has 0 atom stereocenters. The van der Waals surface area contributed by atoms with Gasteiger partial charge in [0.2, 0.25) is 10.0 Å². The van der Waals surface area contributed by atoms with Gasteiger partial charge in [0.05, 0.1) is 10.5 Å². The van der Waals surface area contributed by atoms with Crippen LogP contribution in [0, 0.1) is 0 Å². The van der Waals surface area contributed by atoms with E-state index in [4.69, 9.17) is 0 Å². The van der Waals surface area contributed by atoms with Gasteiger partial charge in [0.15, 0.2) is 0 Å². The average Bonchev–Trinajstić information content (AvgIpc) is 3.12. The first-order valence-corrected chi connectivity index (χ1v) is 11.3. The molecule has 1 aliphatic heterocycles. The summed E-state index contributed by atoms with van der Waals surface area (Å²) in [6.45, 7) is 1.57. The molecule has 2 heterocycles. The summed E-state index contributed by atoms with van der Waals surface area (Å²) in [4.78, 5) is 16.4. The van der Waals surface area contributed by atoms with Crippen LogP contribution in [0.25, 0.3) is 0 Å². The van der Waals surface area contributed by atoms with Gasteiger partial charge in [-0.2, -0.15) is 4.31 Å². The minimum absolute atomic E-state index is 0.0566. The lowest BCUT2D eigenvalue weighted by molar-refractivity contribution is 0.0697. The largest absolute Gasteiger partial charge is 0.336 e. The lowest BCUT2D eigenvalue weighted by Gasteiger charge is -2.34. The quantitative estimate of drug-likeness (QED) is 0.810. The Balaban J connectivity index is 1.45. The number of aryl methyl sites for hydroxylation is 1. The molecule has 4 rings (SSSR count). The number of carbonyl (C=O) groups excluding carboxylic acids is 1. The molecule has 138 valence electrons. The number of hydrogen-bond donors (Lipinski definition) is 0. The highest BCUT2D eigenvalue weighted by molar-refractivity contribution is 7.89. The third kappa shape index (κ3) is 3.19. The van der Waals surface area contributed by atoms with E-state index in [-0.39, 0.29) is 5.91 Å². The van der Waals surface area contributed by atoms with Crippen molar-refractivity contribution in [3.8, 4) is 0 Å². The molecule has 1 aliphatic carbocycles. The van der Waals surface area contributed by atoms with E-state index in [9.17, 15) is 13.2 Å². The second-order valence-corrected chi connectivity index (χ2v) is 9.67. The van der Waals surface area contributed by atoms with Gasteiger partial charge in [-0.25, -0.2) is 8.42 Å². The van der Waals surface area contributed by atoms with Crippen molar-refractivity contribution >= 4 is 27.3 Å². The Labute approximate surface area is 158 Å². The molecule has 5 nitrogen and oxygen atoms in total. The maximum absolute atomic E-state index is 12.9. The van der Waals surface area contributed by atoms with E-state index in [1.165, 1.54) is 21.2 Å². The molecule has 0 bridgehead atoms. The summed E-state index contributed by atoms with van der Waals surface area (Å²) in [5, 5.41) is 1.99. The van der Waals surface area contributed by atoms with Crippen LogP contribution in [0.15, 0.2) is 40.6 Å². The Morgan fingerprint density at radius 3 is 2.38 bits per heavy atom. The predicted molar refractivity (Wildman–Crippen MR) is 102 cm³/mol. The van der Waals surface area contributed by atoms with Crippen LogP contribution in [0.1, 0.15) is 33.6 Å². The fourth-order valence-corrected chi connectivity index (χ4v) is 6.28. The number of hydrogen-bond acceptors (Lipinski definition) is 4. The number of thiophene rings is 1. The molecule has 2 aliphatic rings. The molecule has 1 fully saturated rings. The molecular formula is C19H22N2O3S2. The van der Waals surface area contributed by atoms with Crippen LogP contribution in [0.3, 0.4) is 0 Å². The highest BCUT2D eigenvalue weighted by Gasteiger charge is 2.31. The fraction of sp³-hybridized carbons (Fsp3) is 0.421. The van der Waals surface area contributed by atoms with Crippen molar-refractivity contribution in [2.24, 2.45) is 0 Å². The maximum Gasteiger partial charge on any atom is 0.255 e. The SMILES string of the molecule is O=C(c1csc2c1CCCC2)N1CCN(S(=O)(=O)c2ccccc2)CC1. The molecule has 0 saturated carbocycles. The molecule has 0 spiro atoms. The Morgan fingerprint density at radius 1 is 0.962 bits per heavy atom. The summed E-state index contributed by atoms with van der Waals surface area (Å²) in [5.41, 5.74) is 2.06. The summed E-state index contributed by atoms with van der Waals surface area (Å²) in [6, 6.07) is 8.49. The Bertz CT molecular complexity index is 898. The third-order valence-electron chi connectivity index (χ3n) is 5.20. The van der Waals surface area contributed by atoms with Crippen LogP contribution in [-0.2, 0) is 22.9 Å². The van der Waals surface area contributed by atoms with Gasteiger partial charge in [0, 0.05) is 36.4 Å². The van der Waals surface area contributed by atoms with E-state index in [1.807, 2.05) is 5.38 Å². The zero-order chi connectivity index (χ0) is 18.1. The highest BCUT2D eigenvalue weighted by Crippen LogP contribution is 2.31. The number of benzene rings is 1. The fourth-order valence-electron chi connectivity index (χ4n) is 3.72. The zero-order valence-electron chi connectivity index (χ0n) is 14.6. The van der Waals surface area contributed by atoms with Gasteiger partial charge in [-0.3, -0.25) is 4.79 Å². The van der Waals surface area contributed by atoms with Crippen LogP contribution >= 0.6 is 11.3 Å². The Morgan fingerprint density at radius 2 is 1.65 bits per heavy atom. The van der Waals surface area contributed by atoms with Gasteiger partial charge >= 0.3 is 0 Å². The van der Waals surface area contributed by atoms with Gasteiger partial charge in [-0.1, -0.05) is 18.2 Å². The van der Waals surface area contributed by atoms with Gasteiger partial charge in [0.25, 0.3) is 5.91 Å². The summed E-state index contributed by atoms with van der Waals surface area (Å²) >= 11 is 1.69. The van der Waals surface area contributed by atoms with Gasteiger partial charge in [0.1, 0.15) is 0 Å². The lowest BCUT2D eigenvalue weighted by atomic mass is 9.95. The van der Waals surface area contributed by atoms with E-state index < -0.39 is 10.0 Å². The summed E-state index contributed by atoms with van der Waals surface area (Å²) in [7, 11) is -3.48. The second kappa shape index (κ2) is 7.13. The topological polar surface area (TPSA) is 57.7 Å². The van der Waals surface area contributed by atoms with E-state index in [0.29, 0.717) is 31.1 Å². The van der Waals surface area contributed by atoms with Gasteiger partial charge in [-0.15, -0.1) is 11.3 Å². The summed E-state index contributed by atoms with van der Waals surface area (Å²) < 4.78 is 26.9. The second-order valence-electron chi connectivity index (χ2n) is 6.77. The van der Waals surface area contributed by atoms with Crippen molar-refractivity contribution in [1.29, 1.82) is 0 Å². The minimum Gasteiger partial charge on any atom is -0.336 e. The molecule has 1 aromatic heterocycles. The number of nitrogens with zero attached hydrogens (tertiary/aromatic N) is 2. The molecule has 26 heavy (non-hydrogen) atoms. The lowest BCUT2D eigenvalue weighted by Crippen LogP contribution is -2.50. The zero-order valence-corrected chi connectivity index (χ0v) is 16.2. The number of piperazine rings is 1. The average molecular weight is 391 g/mol. The number of fused-ring (bicyclic) bond motifs is 1. The number of amides is 1. The van der Waals surface area contributed by atoms with Crippen LogP contribution in [0.5, 0.6) is 0 Å². The van der Waals surface area contributed by atoms with E-state index in [2.05, 4.69) is 0 Å². The molecule has 1 saturated heterocycles. The molecule has 7 heteroatoms. The van der Waals surface area contributed by atoms with Gasteiger partial charge in [-0.05, 0) is 43.4 Å². The highest BCUT2D eigenvalue weighted by atomic mass is 32.2. The first-order valence-electron chi connectivity index (χ1n) is 9.01. The maximum atomic E-state index is 12.9. The standard InChI is InChI=1S/C19H22N2O3S2/c22-19(17-14-25-18-9-5-4-8-16(17)18)20-10-12-21(13-11-20)26(23,24)15-6-2-1-3-7-15/h1-3,6-7,14H,4-5,8-13H2. The van der Waals surface area contributed by atoms with E-state index >= 15 is 0 Å². The smallest absolute Gasteiger partial charge is 0.255 e. The van der Waals surface area contributed by atoms with Crippen molar-refractivity contribution in [2.75, 3.05) is 26.2 Å². The van der Waals surface area contributed by atoms with Gasteiger partial charge < -0.3 is 4.90 Å². The number of sulfonamides is 1. The monoisotopic (exact) mass is 390 g/mol. The molecule has 2 aromatic rings. The van der Waals surface area contributed by atoms with E-state index in [1.54, 1.807) is 46.6 Å². The van der Waals surface area contributed by atoms with Crippen LogP contribution in [0.2, 0.25) is 0 Å². The van der Waals surface area contributed by atoms with Crippen molar-refractivity contribution in [1.82, 2.24) is 9.21 Å². The van der Waals surface area contributed by atoms with Crippen LogP contribution < -0.4 is 0 Å². The molecule has 0 radical (unpaired) electrons. The van der Waals surface area contributed by atoms with Crippen molar-refractivity contribution in [2.45, 2.75) is 30.6 Å². The normalized spacial score (nSPS) is 18.5. The molecule has 1 amide bonds. The Kier molecular flexibility index (Phi) is 4.86. The van der Waals surface area contributed by atoms with Crippen LogP contribution in [-0.4, -0.2) is 49.7 Å². The molecule has 0 unspecified atom stereocenters. The minimum atomic E-state index is -3.48. The van der Waals surface area contributed by atoms with E-state index in [0.717, 1.165) is 24.8 Å². The first-order chi connectivity index (χ1) is 12.6. The molecule has 1 aromatic carbocycles. The summed E-state index contributed by atoms with van der Waals surface area (Å²) in [5.74, 6) is 0.0566. The summed E-state index contributed by atoms with van der Waals surface area (Å²) in [6.07, 6.45) is 4.42. The third-order valence-corrected chi connectivity index (χ3v) is 8.20. The van der Waals surface area contributed by atoms with Crippen molar-refractivity contribution in [3.05, 3.63) is 51.7 Å². The number of rotatable bonds is 3. The van der Waals surface area contributed by atoms with Crippen molar-refractivity contribution < 1.29 is 13.2 Å². The Hall–Kier alpha value is -1.70. The van der Waals surface area contributed by atoms with Crippen LogP contribution in [0.4, 0.5) is 0 Å².